The number of nitrogens with one attached hydrogen (secondary N) is 1. The highest BCUT2D eigenvalue weighted by Gasteiger charge is 2.43. The van der Waals surface area contributed by atoms with Gasteiger partial charge in [-0.2, -0.15) is 0 Å². The van der Waals surface area contributed by atoms with Gasteiger partial charge in [0, 0.05) is 18.6 Å². The minimum Gasteiger partial charge on any atom is -0.382 e. The van der Waals surface area contributed by atoms with E-state index in [0.717, 1.165) is 38.0 Å². The molecule has 0 saturated carbocycles. The van der Waals surface area contributed by atoms with Crippen molar-refractivity contribution in [1.82, 2.24) is 0 Å². The molecule has 92 valence electrons. The molecule has 3 heteroatoms. The summed E-state index contributed by atoms with van der Waals surface area (Å²) in [6.07, 6.45) is 3.35. The van der Waals surface area contributed by atoms with Crippen molar-refractivity contribution in [1.29, 1.82) is 0 Å². The number of ether oxygens (including phenoxy) is 1. The zero-order chi connectivity index (χ0) is 11.9. The van der Waals surface area contributed by atoms with Crippen LogP contribution >= 0.6 is 0 Å². The Balaban J connectivity index is 1.99. The smallest absolute Gasteiger partial charge is 0.146 e. The molecule has 0 radical (unpaired) electrons. The van der Waals surface area contributed by atoms with Crippen LogP contribution in [-0.2, 0) is 10.2 Å². The molecule has 1 saturated heterocycles. The molecule has 2 unspecified atom stereocenters. The number of anilines is 1. The Morgan fingerprint density at radius 3 is 3.24 bits per heavy atom. The van der Waals surface area contributed by atoms with Gasteiger partial charge >= 0.3 is 0 Å². The Hall–Kier alpha value is -1.09. The predicted molar refractivity (Wildman–Crippen MR) is 65.8 cm³/mol. The molecular weight excluding hydrogens is 217 g/mol. The van der Waals surface area contributed by atoms with Crippen molar-refractivity contribution in [3.63, 3.8) is 0 Å². The summed E-state index contributed by atoms with van der Waals surface area (Å²) < 4.78 is 19.5. The maximum Gasteiger partial charge on any atom is 0.146 e. The van der Waals surface area contributed by atoms with Crippen LogP contribution < -0.4 is 5.32 Å². The molecular formula is C14H18FNO. The van der Waals surface area contributed by atoms with Crippen molar-refractivity contribution < 1.29 is 9.13 Å². The van der Waals surface area contributed by atoms with E-state index in [-0.39, 0.29) is 11.2 Å². The number of benzene rings is 1. The fraction of sp³-hybridized carbons (Fsp3) is 0.571. The third-order valence-electron chi connectivity index (χ3n) is 4.20. The molecule has 0 bridgehead atoms. The first-order valence-electron chi connectivity index (χ1n) is 6.40. The molecule has 1 N–H and O–H groups in total. The Morgan fingerprint density at radius 2 is 2.41 bits per heavy atom. The van der Waals surface area contributed by atoms with E-state index in [9.17, 15) is 4.39 Å². The monoisotopic (exact) mass is 235 g/mol. The van der Waals surface area contributed by atoms with Gasteiger partial charge in [0.1, 0.15) is 5.82 Å². The summed E-state index contributed by atoms with van der Waals surface area (Å²) in [6, 6.07) is 5.41. The highest BCUT2D eigenvalue weighted by atomic mass is 19.1. The first kappa shape index (κ1) is 11.0. The lowest BCUT2D eigenvalue weighted by Gasteiger charge is -2.38. The molecule has 1 spiro atoms. The van der Waals surface area contributed by atoms with Crippen LogP contribution in [0.2, 0.25) is 0 Å². The SMILES string of the molecule is CCC1CC2(CCO1)CNc1c(F)cccc12. The molecule has 1 aromatic rings. The summed E-state index contributed by atoms with van der Waals surface area (Å²) in [5.74, 6) is -0.126. The minimum absolute atomic E-state index is 0.0936. The van der Waals surface area contributed by atoms with Crippen LogP contribution in [0.5, 0.6) is 0 Å². The quantitative estimate of drug-likeness (QED) is 0.807. The first-order chi connectivity index (χ1) is 8.25. The van der Waals surface area contributed by atoms with E-state index in [1.54, 1.807) is 0 Å². The number of halogens is 1. The fourth-order valence-electron chi connectivity index (χ4n) is 3.18. The molecule has 2 nitrogen and oxygen atoms in total. The maximum atomic E-state index is 13.7. The van der Waals surface area contributed by atoms with E-state index in [0.29, 0.717) is 11.8 Å². The van der Waals surface area contributed by atoms with Crippen molar-refractivity contribution >= 4 is 5.69 Å². The summed E-state index contributed by atoms with van der Waals surface area (Å²) in [4.78, 5) is 0. The normalized spacial score (nSPS) is 31.3. The van der Waals surface area contributed by atoms with E-state index < -0.39 is 0 Å². The minimum atomic E-state index is -0.126. The molecule has 2 aliphatic heterocycles. The molecule has 2 aliphatic rings. The van der Waals surface area contributed by atoms with Crippen LogP contribution in [0.25, 0.3) is 0 Å². The predicted octanol–water partition coefficient (Wildman–Crippen LogP) is 3.08. The topological polar surface area (TPSA) is 21.3 Å². The van der Waals surface area contributed by atoms with Crippen LogP contribution in [-0.4, -0.2) is 19.3 Å². The van der Waals surface area contributed by atoms with Gasteiger partial charge in [-0.25, -0.2) is 4.39 Å². The van der Waals surface area contributed by atoms with E-state index in [4.69, 9.17) is 4.74 Å². The van der Waals surface area contributed by atoms with E-state index in [2.05, 4.69) is 18.3 Å². The molecule has 1 aromatic carbocycles. The number of hydrogen-bond donors (Lipinski definition) is 1. The largest absolute Gasteiger partial charge is 0.382 e. The molecule has 2 atom stereocenters. The standard InChI is InChI=1S/C14H18FNO/c1-2-10-8-14(6-7-17-10)9-16-13-11(14)4-3-5-12(13)15/h3-5,10,16H,2,6-9H2,1H3. The Morgan fingerprint density at radius 1 is 1.53 bits per heavy atom. The van der Waals surface area contributed by atoms with Gasteiger partial charge in [-0.05, 0) is 30.9 Å². The Labute approximate surface area is 101 Å². The van der Waals surface area contributed by atoms with Crippen LogP contribution in [0.1, 0.15) is 31.7 Å². The van der Waals surface area contributed by atoms with E-state index >= 15 is 0 Å². The number of rotatable bonds is 1. The second-order valence-electron chi connectivity index (χ2n) is 5.15. The van der Waals surface area contributed by atoms with Crippen molar-refractivity contribution in [2.75, 3.05) is 18.5 Å². The lowest BCUT2D eigenvalue weighted by molar-refractivity contribution is -0.0179. The number of fused-ring (bicyclic) bond motifs is 2. The van der Waals surface area contributed by atoms with E-state index in [1.807, 2.05) is 6.07 Å². The lowest BCUT2D eigenvalue weighted by atomic mass is 9.73. The van der Waals surface area contributed by atoms with Gasteiger partial charge in [-0.15, -0.1) is 0 Å². The maximum absolute atomic E-state index is 13.7. The van der Waals surface area contributed by atoms with Gasteiger partial charge in [0.05, 0.1) is 11.8 Å². The van der Waals surface area contributed by atoms with Gasteiger partial charge in [0.2, 0.25) is 0 Å². The fourth-order valence-corrected chi connectivity index (χ4v) is 3.18. The second kappa shape index (κ2) is 3.98. The zero-order valence-corrected chi connectivity index (χ0v) is 10.1. The molecule has 0 aromatic heterocycles. The highest BCUT2D eigenvalue weighted by molar-refractivity contribution is 5.61. The Bertz CT molecular complexity index is 434. The second-order valence-corrected chi connectivity index (χ2v) is 5.15. The molecule has 0 amide bonds. The Kier molecular flexibility index (Phi) is 2.58. The summed E-state index contributed by atoms with van der Waals surface area (Å²) in [5.41, 5.74) is 1.96. The van der Waals surface area contributed by atoms with Gasteiger partial charge in [0.25, 0.3) is 0 Å². The summed E-state index contributed by atoms with van der Waals surface area (Å²) in [5, 5.41) is 3.24. The van der Waals surface area contributed by atoms with Gasteiger partial charge in [-0.1, -0.05) is 19.1 Å². The van der Waals surface area contributed by atoms with Crippen molar-refractivity contribution in [3.8, 4) is 0 Å². The van der Waals surface area contributed by atoms with Gasteiger partial charge in [-0.3, -0.25) is 0 Å². The van der Waals surface area contributed by atoms with Gasteiger partial charge in [0.15, 0.2) is 0 Å². The summed E-state index contributed by atoms with van der Waals surface area (Å²) in [6.45, 7) is 3.79. The van der Waals surface area contributed by atoms with Crippen LogP contribution in [0.15, 0.2) is 18.2 Å². The lowest BCUT2D eigenvalue weighted by Crippen LogP contribution is -2.40. The third kappa shape index (κ3) is 1.64. The van der Waals surface area contributed by atoms with Gasteiger partial charge < -0.3 is 10.1 Å². The summed E-state index contributed by atoms with van der Waals surface area (Å²) >= 11 is 0. The number of para-hydroxylation sites is 1. The molecule has 1 fully saturated rings. The van der Waals surface area contributed by atoms with Crippen molar-refractivity contribution in [2.24, 2.45) is 0 Å². The zero-order valence-electron chi connectivity index (χ0n) is 10.1. The van der Waals surface area contributed by atoms with Crippen LogP contribution in [0, 0.1) is 5.82 Å². The van der Waals surface area contributed by atoms with Crippen LogP contribution in [0.3, 0.4) is 0 Å². The van der Waals surface area contributed by atoms with Crippen molar-refractivity contribution in [2.45, 2.75) is 37.7 Å². The average molecular weight is 235 g/mol. The molecule has 17 heavy (non-hydrogen) atoms. The third-order valence-corrected chi connectivity index (χ3v) is 4.20. The van der Waals surface area contributed by atoms with E-state index in [1.165, 1.54) is 6.07 Å². The molecule has 3 rings (SSSR count). The average Bonchev–Trinajstić information content (AvgIpc) is 2.70. The summed E-state index contributed by atoms with van der Waals surface area (Å²) in [7, 11) is 0. The number of hydrogen-bond acceptors (Lipinski definition) is 2. The molecule has 0 aliphatic carbocycles. The first-order valence-corrected chi connectivity index (χ1v) is 6.40. The molecule has 2 heterocycles. The van der Waals surface area contributed by atoms with Crippen molar-refractivity contribution in [3.05, 3.63) is 29.6 Å². The highest BCUT2D eigenvalue weighted by Crippen LogP contribution is 2.46. The van der Waals surface area contributed by atoms with Crippen LogP contribution in [0.4, 0.5) is 10.1 Å².